The summed E-state index contributed by atoms with van der Waals surface area (Å²) in [7, 11) is 1.65. The van der Waals surface area contributed by atoms with E-state index in [1.54, 1.807) is 7.05 Å². The number of hydrazine groups is 1. The molecule has 0 bridgehead atoms. The lowest BCUT2D eigenvalue weighted by Gasteiger charge is -2.09. The van der Waals surface area contributed by atoms with Crippen molar-refractivity contribution in [2.45, 2.75) is 6.42 Å². The number of hydrogen-bond donors (Lipinski definition) is 2. The van der Waals surface area contributed by atoms with E-state index in [9.17, 15) is 9.18 Å². The summed E-state index contributed by atoms with van der Waals surface area (Å²) < 4.78 is 17.9. The molecule has 0 aromatic carbocycles. The first-order valence-electron chi connectivity index (χ1n) is 4.41. The fourth-order valence-electron chi connectivity index (χ4n) is 1.14. The van der Waals surface area contributed by atoms with Crippen molar-refractivity contribution in [3.63, 3.8) is 0 Å². The van der Waals surface area contributed by atoms with E-state index in [0.29, 0.717) is 17.9 Å². The van der Waals surface area contributed by atoms with Crippen LogP contribution in [-0.4, -0.2) is 25.1 Å². The van der Waals surface area contributed by atoms with Gasteiger partial charge in [-0.05, 0) is 6.07 Å². The SMILES string of the molecule is CNNc1nccc(F)c1CCOC=O. The summed E-state index contributed by atoms with van der Waals surface area (Å²) in [5, 5.41) is 0. The molecule has 0 atom stereocenters. The highest BCUT2D eigenvalue weighted by Gasteiger charge is 2.08. The Morgan fingerprint density at radius 3 is 3.13 bits per heavy atom. The molecule has 5 nitrogen and oxygen atoms in total. The zero-order valence-corrected chi connectivity index (χ0v) is 8.29. The molecule has 2 N–H and O–H groups in total. The van der Waals surface area contributed by atoms with Crippen molar-refractivity contribution in [3.8, 4) is 0 Å². The van der Waals surface area contributed by atoms with Crippen LogP contribution in [0.15, 0.2) is 12.3 Å². The minimum absolute atomic E-state index is 0.129. The zero-order valence-electron chi connectivity index (χ0n) is 8.29. The number of halogens is 1. The number of ether oxygens (including phenoxy) is 1. The highest BCUT2D eigenvalue weighted by molar-refractivity contribution is 5.44. The number of anilines is 1. The van der Waals surface area contributed by atoms with E-state index in [4.69, 9.17) is 0 Å². The second kappa shape index (κ2) is 5.92. The predicted molar refractivity (Wildman–Crippen MR) is 52.6 cm³/mol. The second-order valence-electron chi connectivity index (χ2n) is 2.71. The van der Waals surface area contributed by atoms with E-state index in [1.807, 2.05) is 0 Å². The molecule has 0 amide bonds. The topological polar surface area (TPSA) is 63.3 Å². The Morgan fingerprint density at radius 2 is 2.47 bits per heavy atom. The van der Waals surface area contributed by atoms with Crippen LogP contribution >= 0.6 is 0 Å². The van der Waals surface area contributed by atoms with Crippen molar-refractivity contribution in [2.24, 2.45) is 0 Å². The van der Waals surface area contributed by atoms with Crippen molar-refractivity contribution < 1.29 is 13.9 Å². The van der Waals surface area contributed by atoms with Crippen LogP contribution in [0.2, 0.25) is 0 Å². The highest BCUT2D eigenvalue weighted by atomic mass is 19.1. The summed E-state index contributed by atoms with van der Waals surface area (Å²) in [4.78, 5) is 13.9. The predicted octanol–water partition coefficient (Wildman–Crippen LogP) is 0.482. The molecule has 15 heavy (non-hydrogen) atoms. The van der Waals surface area contributed by atoms with Gasteiger partial charge >= 0.3 is 0 Å². The fourth-order valence-corrected chi connectivity index (χ4v) is 1.14. The Kier molecular flexibility index (Phi) is 4.49. The molecule has 0 radical (unpaired) electrons. The van der Waals surface area contributed by atoms with Gasteiger partial charge in [0.1, 0.15) is 11.6 Å². The van der Waals surface area contributed by atoms with Crippen molar-refractivity contribution >= 4 is 12.3 Å². The van der Waals surface area contributed by atoms with Gasteiger partial charge < -0.3 is 10.2 Å². The van der Waals surface area contributed by atoms with Crippen LogP contribution in [0.3, 0.4) is 0 Å². The van der Waals surface area contributed by atoms with Crippen LogP contribution in [0.1, 0.15) is 5.56 Å². The van der Waals surface area contributed by atoms with E-state index >= 15 is 0 Å². The average molecular weight is 213 g/mol. The van der Waals surface area contributed by atoms with Gasteiger partial charge in [-0.15, -0.1) is 0 Å². The number of carbonyl (C=O) groups is 1. The lowest BCUT2D eigenvalue weighted by Crippen LogP contribution is -2.18. The standard InChI is InChI=1S/C9H12FN3O2/c1-11-13-9-7(3-5-15-6-14)8(10)2-4-12-9/h2,4,6,11H,3,5H2,1H3,(H,12,13). The van der Waals surface area contributed by atoms with Crippen LogP contribution in [0.25, 0.3) is 0 Å². The minimum atomic E-state index is -0.378. The van der Waals surface area contributed by atoms with Crippen LogP contribution in [-0.2, 0) is 16.0 Å². The number of rotatable bonds is 6. The maximum Gasteiger partial charge on any atom is 0.293 e. The molecule has 0 aliphatic carbocycles. The molecule has 82 valence electrons. The first kappa shape index (κ1) is 11.4. The molecule has 0 aliphatic heterocycles. The van der Waals surface area contributed by atoms with Crippen molar-refractivity contribution in [1.29, 1.82) is 0 Å². The lowest BCUT2D eigenvalue weighted by molar-refractivity contribution is -0.128. The van der Waals surface area contributed by atoms with Crippen LogP contribution < -0.4 is 10.9 Å². The average Bonchev–Trinajstić information content (AvgIpc) is 2.23. The van der Waals surface area contributed by atoms with E-state index in [0.717, 1.165) is 0 Å². The van der Waals surface area contributed by atoms with Crippen LogP contribution in [0.5, 0.6) is 0 Å². The van der Waals surface area contributed by atoms with Crippen molar-refractivity contribution in [1.82, 2.24) is 10.4 Å². The Labute approximate surface area is 86.6 Å². The van der Waals surface area contributed by atoms with Crippen molar-refractivity contribution in [3.05, 3.63) is 23.6 Å². The van der Waals surface area contributed by atoms with Crippen molar-refractivity contribution in [2.75, 3.05) is 19.1 Å². The summed E-state index contributed by atoms with van der Waals surface area (Å²) in [6.07, 6.45) is 1.64. The van der Waals surface area contributed by atoms with E-state index in [1.165, 1.54) is 12.3 Å². The van der Waals surface area contributed by atoms with E-state index in [-0.39, 0.29) is 18.8 Å². The summed E-state index contributed by atoms with van der Waals surface area (Å²) >= 11 is 0. The Bertz CT molecular complexity index is 333. The molecule has 0 unspecified atom stereocenters. The van der Waals surface area contributed by atoms with Gasteiger partial charge in [0.15, 0.2) is 0 Å². The summed E-state index contributed by atoms with van der Waals surface area (Å²) in [6.45, 7) is 0.462. The number of nitrogens with zero attached hydrogens (tertiary/aromatic N) is 1. The maximum atomic E-state index is 13.3. The van der Waals surface area contributed by atoms with Gasteiger partial charge in [-0.2, -0.15) is 0 Å². The van der Waals surface area contributed by atoms with Gasteiger partial charge in [0, 0.05) is 25.2 Å². The smallest absolute Gasteiger partial charge is 0.293 e. The van der Waals surface area contributed by atoms with E-state index < -0.39 is 0 Å². The number of nitrogens with one attached hydrogen (secondary N) is 2. The summed E-state index contributed by atoms with van der Waals surface area (Å²) in [6, 6.07) is 1.26. The molecule has 6 heteroatoms. The summed E-state index contributed by atoms with van der Waals surface area (Å²) in [5.41, 5.74) is 5.73. The van der Waals surface area contributed by atoms with Crippen LogP contribution in [0.4, 0.5) is 10.2 Å². The van der Waals surface area contributed by atoms with Gasteiger partial charge in [-0.1, -0.05) is 0 Å². The number of aromatic nitrogens is 1. The molecule has 0 saturated carbocycles. The first-order chi connectivity index (χ1) is 7.29. The number of hydrogen-bond acceptors (Lipinski definition) is 5. The molecule has 0 aliphatic rings. The third-order valence-electron chi connectivity index (χ3n) is 1.78. The zero-order chi connectivity index (χ0) is 11.1. The second-order valence-corrected chi connectivity index (χ2v) is 2.71. The Balaban J connectivity index is 2.76. The largest absolute Gasteiger partial charge is 0.468 e. The molecule has 0 spiro atoms. The lowest BCUT2D eigenvalue weighted by atomic mass is 10.2. The quantitative estimate of drug-likeness (QED) is 0.409. The third kappa shape index (κ3) is 3.17. The minimum Gasteiger partial charge on any atom is -0.468 e. The molecular weight excluding hydrogens is 201 g/mol. The van der Waals surface area contributed by atoms with Gasteiger partial charge in [-0.3, -0.25) is 4.79 Å². The van der Waals surface area contributed by atoms with Gasteiger partial charge in [-0.25, -0.2) is 14.8 Å². The third-order valence-corrected chi connectivity index (χ3v) is 1.78. The molecule has 1 rings (SSSR count). The molecule has 1 aromatic heterocycles. The first-order valence-corrected chi connectivity index (χ1v) is 4.41. The molecule has 1 heterocycles. The van der Waals surface area contributed by atoms with Gasteiger partial charge in [0.2, 0.25) is 0 Å². The number of carbonyl (C=O) groups excluding carboxylic acids is 1. The van der Waals surface area contributed by atoms with Gasteiger partial charge in [0.05, 0.1) is 6.61 Å². The van der Waals surface area contributed by atoms with Gasteiger partial charge in [0.25, 0.3) is 6.47 Å². The highest BCUT2D eigenvalue weighted by Crippen LogP contribution is 2.15. The molecule has 0 fully saturated rings. The molecule has 0 saturated heterocycles. The van der Waals surface area contributed by atoms with E-state index in [2.05, 4.69) is 20.6 Å². The normalized spacial score (nSPS) is 9.73. The molecule has 1 aromatic rings. The fraction of sp³-hybridized carbons (Fsp3) is 0.333. The number of pyridine rings is 1. The Hall–Kier alpha value is -1.69. The van der Waals surface area contributed by atoms with Crippen LogP contribution in [0, 0.1) is 5.82 Å². The Morgan fingerprint density at radius 1 is 1.67 bits per heavy atom. The summed E-state index contributed by atoms with van der Waals surface area (Å²) in [5.74, 6) is 0.0178. The maximum absolute atomic E-state index is 13.3. The monoisotopic (exact) mass is 213 g/mol. The molecular formula is C9H12FN3O2.